The van der Waals surface area contributed by atoms with Gasteiger partial charge in [-0.2, -0.15) is 5.10 Å². The molecule has 5 rings (SSSR count). The number of fused-ring (bicyclic) bond motifs is 3. The van der Waals surface area contributed by atoms with Crippen LogP contribution in [0.4, 0.5) is 5.82 Å². The third kappa shape index (κ3) is 12.4. The Morgan fingerprint density at radius 3 is 1.56 bits per heavy atom. The minimum Gasteiger partial charge on any atom is -0.431 e. The lowest BCUT2D eigenvalue weighted by Crippen LogP contribution is -2.46. The van der Waals surface area contributed by atoms with E-state index in [1.807, 2.05) is 6.92 Å². The zero-order valence-corrected chi connectivity index (χ0v) is 32.2. The second-order valence-corrected chi connectivity index (χ2v) is 16.4. The predicted molar refractivity (Wildman–Crippen MR) is 209 cm³/mol. The number of furan rings is 1. The Kier molecular flexibility index (Phi) is 17.1. The molecule has 7 heteroatoms. The van der Waals surface area contributed by atoms with Crippen LogP contribution in [-0.2, 0) is 4.74 Å². The molecule has 2 fully saturated rings. The summed E-state index contributed by atoms with van der Waals surface area (Å²) in [5, 5.41) is 13.5. The average Bonchev–Trinajstić information content (AvgIpc) is 3.49. The smallest absolute Gasteiger partial charge is 0.249 e. The first-order chi connectivity index (χ1) is 24.7. The third-order valence-corrected chi connectivity index (χ3v) is 12.0. The highest BCUT2D eigenvalue weighted by Gasteiger charge is 2.40. The van der Waals surface area contributed by atoms with Crippen LogP contribution in [0.2, 0.25) is 0 Å². The van der Waals surface area contributed by atoms with E-state index in [1.165, 1.54) is 173 Å². The van der Waals surface area contributed by atoms with E-state index in [9.17, 15) is 0 Å². The summed E-state index contributed by atoms with van der Waals surface area (Å²) in [4.78, 5) is 9.36. The number of aromatic nitrogens is 4. The number of ether oxygens (including phenoxy) is 1. The fraction of sp³-hybridized carbons (Fsp3) is 0.814. The second-order valence-electron chi connectivity index (χ2n) is 16.4. The molecular formula is C43H71N5O2. The standard InChI is InChI=1S/C43H71N5O2/c1-35-36(2)47-48-42-38(35)39-40(50-42)41(45-34-44-39)46-37-29-27-25-23-21-19-17-15-13-11-9-7-5-3-4-6-8-10-12-14-16-18-20-22-24-26-28-30-43(31-37)32-49-33-43/h34,37H,3-33H2,1-2H3,(H,44,45,46). The number of hydrogen-bond donors (Lipinski definition) is 1. The summed E-state index contributed by atoms with van der Waals surface area (Å²) < 4.78 is 12.2. The number of nitrogens with zero attached hydrogens (tertiary/aromatic N) is 4. The van der Waals surface area contributed by atoms with Gasteiger partial charge in [-0.1, -0.05) is 167 Å². The van der Waals surface area contributed by atoms with Crippen molar-refractivity contribution in [2.45, 2.75) is 206 Å². The molecule has 4 heterocycles. The van der Waals surface area contributed by atoms with Gasteiger partial charge in [-0.05, 0) is 38.7 Å². The lowest BCUT2D eigenvalue weighted by Gasteiger charge is -2.44. The summed E-state index contributed by atoms with van der Waals surface area (Å²) in [6.07, 6.45) is 41.9. The van der Waals surface area contributed by atoms with E-state index < -0.39 is 0 Å². The molecule has 0 radical (unpaired) electrons. The Bertz CT molecular complexity index is 1370. The SMILES string of the molecule is Cc1nnc2oc3c(NC4CCCCCCCCCCCCCCCCCCCCCCCCCCCCC5(COC5)C4)ncnc3c2c1C. The number of nitrogens with one attached hydrogen (secondary N) is 1. The highest BCUT2D eigenvalue weighted by atomic mass is 16.5. The highest BCUT2D eigenvalue weighted by Crippen LogP contribution is 2.40. The lowest BCUT2D eigenvalue weighted by atomic mass is 9.74. The van der Waals surface area contributed by atoms with Crippen LogP contribution >= 0.6 is 0 Å². The molecule has 50 heavy (non-hydrogen) atoms. The van der Waals surface area contributed by atoms with Gasteiger partial charge in [0.2, 0.25) is 5.71 Å². The molecule has 7 nitrogen and oxygen atoms in total. The van der Waals surface area contributed by atoms with Crippen molar-refractivity contribution in [1.82, 2.24) is 20.2 Å². The average molecular weight is 690 g/mol. The zero-order valence-electron chi connectivity index (χ0n) is 32.2. The Morgan fingerprint density at radius 2 is 1.08 bits per heavy atom. The van der Waals surface area contributed by atoms with Crippen molar-refractivity contribution in [3.63, 3.8) is 0 Å². The molecule has 0 bridgehead atoms. The van der Waals surface area contributed by atoms with E-state index in [0.717, 1.165) is 54.0 Å². The van der Waals surface area contributed by atoms with Crippen molar-refractivity contribution in [3.8, 4) is 0 Å². The fourth-order valence-corrected chi connectivity index (χ4v) is 8.61. The Hall–Kier alpha value is -2.28. The van der Waals surface area contributed by atoms with Crippen molar-refractivity contribution < 1.29 is 9.15 Å². The Morgan fingerprint density at radius 1 is 0.600 bits per heavy atom. The maximum absolute atomic E-state index is 6.27. The van der Waals surface area contributed by atoms with Crippen molar-refractivity contribution in [1.29, 1.82) is 0 Å². The van der Waals surface area contributed by atoms with Gasteiger partial charge in [0, 0.05) is 11.5 Å². The lowest BCUT2D eigenvalue weighted by molar-refractivity contribution is -0.125. The molecule has 0 amide bonds. The molecule has 2 aliphatic rings. The Labute approximate surface area is 304 Å². The summed E-state index contributed by atoms with van der Waals surface area (Å²) in [5.74, 6) is 0.790. The van der Waals surface area contributed by atoms with Gasteiger partial charge in [-0.25, -0.2) is 9.97 Å². The molecule has 1 saturated heterocycles. The van der Waals surface area contributed by atoms with E-state index >= 15 is 0 Å². The van der Waals surface area contributed by atoms with Crippen molar-refractivity contribution in [2.75, 3.05) is 18.5 Å². The van der Waals surface area contributed by atoms with Gasteiger partial charge >= 0.3 is 0 Å². The third-order valence-electron chi connectivity index (χ3n) is 12.0. The molecule has 280 valence electrons. The van der Waals surface area contributed by atoms with E-state index in [1.54, 1.807) is 6.33 Å². The quantitative estimate of drug-likeness (QED) is 0.286. The molecule has 3 aromatic heterocycles. The fourth-order valence-electron chi connectivity index (χ4n) is 8.61. The van der Waals surface area contributed by atoms with Gasteiger partial charge in [0.05, 0.1) is 24.3 Å². The van der Waals surface area contributed by atoms with Gasteiger partial charge in [0.25, 0.3) is 0 Å². The predicted octanol–water partition coefficient (Wildman–Crippen LogP) is 12.9. The molecule has 3 aromatic rings. The van der Waals surface area contributed by atoms with Crippen LogP contribution in [0.25, 0.3) is 22.2 Å². The largest absolute Gasteiger partial charge is 0.431 e. The Balaban J connectivity index is 1.16. The molecule has 1 N–H and O–H groups in total. The molecule has 1 saturated carbocycles. The minimum absolute atomic E-state index is 0.274. The van der Waals surface area contributed by atoms with Crippen LogP contribution in [0.15, 0.2) is 10.7 Å². The van der Waals surface area contributed by atoms with Crippen LogP contribution in [0, 0.1) is 19.3 Å². The van der Waals surface area contributed by atoms with E-state index in [4.69, 9.17) is 14.1 Å². The summed E-state index contributed by atoms with van der Waals surface area (Å²) in [7, 11) is 0. The number of aryl methyl sites for hydroxylation is 2. The van der Waals surface area contributed by atoms with Gasteiger partial charge in [-0.15, -0.1) is 5.10 Å². The first kappa shape index (κ1) is 38.9. The summed E-state index contributed by atoms with van der Waals surface area (Å²) in [6, 6.07) is 0.323. The molecule has 0 aromatic carbocycles. The molecule has 1 unspecified atom stereocenters. The summed E-state index contributed by atoms with van der Waals surface area (Å²) in [6.45, 7) is 5.85. The first-order valence-corrected chi connectivity index (χ1v) is 21.4. The summed E-state index contributed by atoms with van der Waals surface area (Å²) in [5.41, 5.74) is 4.33. The van der Waals surface area contributed by atoms with Crippen LogP contribution in [-0.4, -0.2) is 39.4 Å². The van der Waals surface area contributed by atoms with Crippen LogP contribution in [0.5, 0.6) is 0 Å². The molecule has 1 spiro atoms. The monoisotopic (exact) mass is 690 g/mol. The van der Waals surface area contributed by atoms with Gasteiger partial charge < -0.3 is 14.5 Å². The van der Waals surface area contributed by atoms with E-state index in [2.05, 4.69) is 27.4 Å². The maximum Gasteiger partial charge on any atom is 0.249 e. The van der Waals surface area contributed by atoms with Crippen molar-refractivity contribution in [2.24, 2.45) is 5.41 Å². The van der Waals surface area contributed by atoms with Crippen LogP contribution in [0.1, 0.15) is 197 Å². The summed E-state index contributed by atoms with van der Waals surface area (Å²) >= 11 is 0. The van der Waals surface area contributed by atoms with E-state index in [0.29, 0.717) is 17.3 Å². The zero-order chi connectivity index (χ0) is 34.7. The van der Waals surface area contributed by atoms with Crippen LogP contribution in [0.3, 0.4) is 0 Å². The number of rotatable bonds is 2. The molecular weight excluding hydrogens is 619 g/mol. The molecule has 1 aliphatic carbocycles. The maximum atomic E-state index is 6.27. The topological polar surface area (TPSA) is 86.0 Å². The van der Waals surface area contributed by atoms with Gasteiger partial charge in [-0.3, -0.25) is 0 Å². The molecule has 1 atom stereocenters. The number of anilines is 1. The van der Waals surface area contributed by atoms with Gasteiger partial charge in [0.15, 0.2) is 11.4 Å². The second kappa shape index (κ2) is 21.9. The van der Waals surface area contributed by atoms with Crippen LogP contribution < -0.4 is 5.32 Å². The van der Waals surface area contributed by atoms with Crippen molar-refractivity contribution >= 4 is 28.0 Å². The first-order valence-electron chi connectivity index (χ1n) is 21.4. The molecule has 1 aliphatic heterocycles. The normalized spacial score (nSPS) is 23.2. The van der Waals surface area contributed by atoms with E-state index in [-0.39, 0.29) is 5.41 Å². The number of hydrogen-bond acceptors (Lipinski definition) is 7. The van der Waals surface area contributed by atoms with Gasteiger partial charge in [0.1, 0.15) is 11.8 Å². The van der Waals surface area contributed by atoms with Crippen molar-refractivity contribution in [3.05, 3.63) is 17.6 Å². The highest BCUT2D eigenvalue weighted by molar-refractivity contribution is 6.05. The minimum atomic E-state index is 0.274.